The van der Waals surface area contributed by atoms with Gasteiger partial charge in [-0.2, -0.15) is 0 Å². The summed E-state index contributed by atoms with van der Waals surface area (Å²) in [7, 11) is 1.68. The fourth-order valence-electron chi connectivity index (χ4n) is 1.13. The monoisotopic (exact) mass is 257 g/mol. The number of thiazole rings is 1. The van der Waals surface area contributed by atoms with Crippen molar-refractivity contribution in [2.24, 2.45) is 0 Å². The number of hydrogen-bond acceptors (Lipinski definition) is 3. The van der Waals surface area contributed by atoms with Crippen LogP contribution in [0.15, 0.2) is 22.7 Å². The average molecular weight is 258 g/mol. The van der Waals surface area contributed by atoms with Gasteiger partial charge in [0.15, 0.2) is 0 Å². The molecule has 0 saturated heterocycles. The van der Waals surface area contributed by atoms with E-state index in [9.17, 15) is 0 Å². The molecule has 2 nitrogen and oxygen atoms in total. The molecule has 2 aromatic rings. The normalized spacial score (nSPS) is 10.9. The first-order chi connectivity index (χ1) is 6.29. The van der Waals surface area contributed by atoms with Crippen LogP contribution in [0.3, 0.4) is 0 Å². The number of methoxy groups -OCH3 is 1. The molecule has 13 heavy (non-hydrogen) atoms. The molecule has 0 aliphatic rings. The Kier molecular flexibility index (Phi) is 2.62. The molecule has 0 fully saturated rings. The zero-order valence-corrected chi connectivity index (χ0v) is 9.48. The van der Waals surface area contributed by atoms with Gasteiger partial charge in [-0.1, -0.05) is 15.9 Å². The first-order valence-electron chi connectivity index (χ1n) is 3.83. The van der Waals surface area contributed by atoms with Gasteiger partial charge in [-0.25, -0.2) is 4.98 Å². The summed E-state index contributed by atoms with van der Waals surface area (Å²) in [6.07, 6.45) is 0. The highest BCUT2D eigenvalue weighted by Crippen LogP contribution is 2.25. The Morgan fingerprint density at radius 1 is 1.54 bits per heavy atom. The summed E-state index contributed by atoms with van der Waals surface area (Å²) < 4.78 is 7.29. The van der Waals surface area contributed by atoms with E-state index in [0.717, 1.165) is 15.0 Å². The zero-order chi connectivity index (χ0) is 9.26. The van der Waals surface area contributed by atoms with Crippen LogP contribution in [-0.2, 0) is 11.3 Å². The van der Waals surface area contributed by atoms with Crippen molar-refractivity contribution in [3.63, 3.8) is 0 Å². The Hall–Kier alpha value is -0.450. The molecule has 1 aromatic heterocycles. The Bertz CT molecular complexity index is 426. The van der Waals surface area contributed by atoms with Crippen molar-refractivity contribution in [3.8, 4) is 0 Å². The van der Waals surface area contributed by atoms with Gasteiger partial charge in [0.25, 0.3) is 0 Å². The summed E-state index contributed by atoms with van der Waals surface area (Å²) in [5.74, 6) is 0. The maximum Gasteiger partial charge on any atom is 0.120 e. The van der Waals surface area contributed by atoms with Gasteiger partial charge in [0.2, 0.25) is 0 Å². The van der Waals surface area contributed by atoms with E-state index in [2.05, 4.69) is 27.0 Å². The predicted octanol–water partition coefficient (Wildman–Crippen LogP) is 3.21. The number of fused-ring (bicyclic) bond motifs is 1. The number of rotatable bonds is 2. The summed E-state index contributed by atoms with van der Waals surface area (Å²) in [6.45, 7) is 0.594. The zero-order valence-electron chi connectivity index (χ0n) is 7.08. The van der Waals surface area contributed by atoms with Crippen molar-refractivity contribution in [2.75, 3.05) is 7.11 Å². The van der Waals surface area contributed by atoms with E-state index in [4.69, 9.17) is 4.74 Å². The fraction of sp³-hybridized carbons (Fsp3) is 0.222. The van der Waals surface area contributed by atoms with Crippen LogP contribution >= 0.6 is 27.3 Å². The Labute approximate surface area is 88.7 Å². The van der Waals surface area contributed by atoms with Gasteiger partial charge in [0.05, 0.1) is 16.8 Å². The predicted molar refractivity (Wildman–Crippen MR) is 58.0 cm³/mol. The number of ether oxygens (including phenoxy) is 1. The number of halogens is 1. The first-order valence-corrected chi connectivity index (χ1v) is 5.44. The van der Waals surface area contributed by atoms with Crippen molar-refractivity contribution in [2.45, 2.75) is 6.61 Å². The average Bonchev–Trinajstić information content (AvgIpc) is 2.46. The molecule has 0 aliphatic carbocycles. The van der Waals surface area contributed by atoms with E-state index >= 15 is 0 Å². The van der Waals surface area contributed by atoms with Crippen LogP contribution in [0.2, 0.25) is 0 Å². The molecule has 0 unspecified atom stereocenters. The van der Waals surface area contributed by atoms with Gasteiger partial charge in [-0.05, 0) is 18.2 Å². The summed E-state index contributed by atoms with van der Waals surface area (Å²) in [4.78, 5) is 4.43. The fourth-order valence-corrected chi connectivity index (χ4v) is 2.40. The minimum Gasteiger partial charge on any atom is -0.378 e. The van der Waals surface area contributed by atoms with E-state index in [-0.39, 0.29) is 0 Å². The number of nitrogens with zero attached hydrogens (tertiary/aromatic N) is 1. The smallest absolute Gasteiger partial charge is 0.120 e. The highest BCUT2D eigenvalue weighted by molar-refractivity contribution is 9.10. The van der Waals surface area contributed by atoms with Crippen LogP contribution in [0.1, 0.15) is 5.01 Å². The molecule has 0 saturated carbocycles. The van der Waals surface area contributed by atoms with Crippen molar-refractivity contribution in [1.82, 2.24) is 4.98 Å². The lowest BCUT2D eigenvalue weighted by Crippen LogP contribution is -1.83. The lowest BCUT2D eigenvalue weighted by Gasteiger charge is -1.88. The van der Waals surface area contributed by atoms with Crippen LogP contribution in [0.25, 0.3) is 10.2 Å². The van der Waals surface area contributed by atoms with E-state index in [1.807, 2.05) is 12.1 Å². The minimum absolute atomic E-state index is 0.594. The first kappa shape index (κ1) is 9.12. The van der Waals surface area contributed by atoms with Crippen molar-refractivity contribution in [3.05, 3.63) is 27.7 Å². The van der Waals surface area contributed by atoms with E-state index in [0.29, 0.717) is 6.61 Å². The van der Waals surface area contributed by atoms with Gasteiger partial charge >= 0.3 is 0 Å². The van der Waals surface area contributed by atoms with E-state index in [1.165, 1.54) is 4.70 Å². The molecule has 0 amide bonds. The van der Waals surface area contributed by atoms with Crippen molar-refractivity contribution >= 4 is 37.5 Å². The molecule has 0 N–H and O–H groups in total. The molecule has 0 bridgehead atoms. The highest BCUT2D eigenvalue weighted by Gasteiger charge is 2.02. The van der Waals surface area contributed by atoms with Crippen LogP contribution in [0.5, 0.6) is 0 Å². The molecule has 2 rings (SSSR count). The summed E-state index contributed by atoms with van der Waals surface area (Å²) in [6, 6.07) is 6.11. The molecule has 0 radical (unpaired) electrons. The molecule has 4 heteroatoms. The van der Waals surface area contributed by atoms with E-state index in [1.54, 1.807) is 18.4 Å². The molecule has 0 atom stereocenters. The Balaban J connectivity index is 2.49. The summed E-state index contributed by atoms with van der Waals surface area (Å²) in [5.41, 5.74) is 1.03. The number of benzene rings is 1. The lowest BCUT2D eigenvalue weighted by molar-refractivity contribution is 0.184. The standard InChI is InChI=1S/C9H8BrNOS/c1-12-5-9-11-7-4-6(10)2-3-8(7)13-9/h2-4H,5H2,1H3. The second kappa shape index (κ2) is 3.74. The maximum atomic E-state index is 5.02. The maximum absolute atomic E-state index is 5.02. The van der Waals surface area contributed by atoms with Crippen LogP contribution < -0.4 is 0 Å². The lowest BCUT2D eigenvalue weighted by atomic mass is 10.3. The number of aromatic nitrogens is 1. The molecule has 0 aliphatic heterocycles. The van der Waals surface area contributed by atoms with Crippen LogP contribution in [-0.4, -0.2) is 12.1 Å². The van der Waals surface area contributed by atoms with Gasteiger partial charge < -0.3 is 4.74 Å². The Morgan fingerprint density at radius 2 is 2.38 bits per heavy atom. The second-order valence-electron chi connectivity index (χ2n) is 2.65. The third-order valence-corrected chi connectivity index (χ3v) is 3.16. The van der Waals surface area contributed by atoms with Gasteiger partial charge in [-0.15, -0.1) is 11.3 Å². The Morgan fingerprint density at radius 3 is 3.15 bits per heavy atom. The third-order valence-electron chi connectivity index (χ3n) is 1.66. The van der Waals surface area contributed by atoms with Gasteiger partial charge in [0, 0.05) is 11.6 Å². The summed E-state index contributed by atoms with van der Waals surface area (Å²) in [5, 5.41) is 1.02. The van der Waals surface area contributed by atoms with Gasteiger partial charge in [0.1, 0.15) is 5.01 Å². The molecule has 68 valence electrons. The number of hydrogen-bond donors (Lipinski definition) is 0. The molecule has 0 spiro atoms. The molecule has 1 heterocycles. The minimum atomic E-state index is 0.594. The molecular weight excluding hydrogens is 250 g/mol. The van der Waals surface area contributed by atoms with Crippen LogP contribution in [0.4, 0.5) is 0 Å². The summed E-state index contributed by atoms with van der Waals surface area (Å²) >= 11 is 5.09. The van der Waals surface area contributed by atoms with Crippen molar-refractivity contribution in [1.29, 1.82) is 0 Å². The van der Waals surface area contributed by atoms with Gasteiger partial charge in [-0.3, -0.25) is 0 Å². The third kappa shape index (κ3) is 1.90. The molecule has 1 aromatic carbocycles. The topological polar surface area (TPSA) is 22.1 Å². The van der Waals surface area contributed by atoms with Crippen LogP contribution in [0, 0.1) is 0 Å². The second-order valence-corrected chi connectivity index (χ2v) is 4.68. The largest absolute Gasteiger partial charge is 0.378 e. The van der Waals surface area contributed by atoms with E-state index < -0.39 is 0 Å². The molecular formula is C9H8BrNOS. The quantitative estimate of drug-likeness (QED) is 0.825. The van der Waals surface area contributed by atoms with Crippen molar-refractivity contribution < 1.29 is 4.74 Å². The highest BCUT2D eigenvalue weighted by atomic mass is 79.9. The SMILES string of the molecule is COCc1nc2cc(Br)ccc2s1.